The van der Waals surface area contributed by atoms with E-state index in [1.165, 1.54) is 12.1 Å². The molecule has 0 saturated heterocycles. The number of hydrogen-bond donors (Lipinski definition) is 1. The predicted molar refractivity (Wildman–Crippen MR) is 70.1 cm³/mol. The van der Waals surface area contributed by atoms with Crippen LogP contribution in [-0.4, -0.2) is 0 Å². The van der Waals surface area contributed by atoms with E-state index in [9.17, 15) is 4.39 Å². The lowest BCUT2D eigenvalue weighted by Crippen LogP contribution is -1.99. The fourth-order valence-electron chi connectivity index (χ4n) is 1.58. The van der Waals surface area contributed by atoms with Gasteiger partial charge in [0.15, 0.2) is 0 Å². The van der Waals surface area contributed by atoms with Crippen molar-refractivity contribution in [1.29, 1.82) is 0 Å². The average molecular weight is 266 g/mol. The van der Waals surface area contributed by atoms with Crippen molar-refractivity contribution in [3.63, 3.8) is 0 Å². The maximum Gasteiger partial charge on any atom is 0.123 e. The highest BCUT2D eigenvalue weighted by Gasteiger charge is 2.02. The Kier molecular flexibility index (Phi) is 4.18. The van der Waals surface area contributed by atoms with E-state index in [2.05, 4.69) is 0 Å². The van der Waals surface area contributed by atoms with Crippen molar-refractivity contribution in [2.45, 2.75) is 13.2 Å². The fourth-order valence-corrected chi connectivity index (χ4v) is 1.82. The summed E-state index contributed by atoms with van der Waals surface area (Å²) >= 11 is 6.02. The van der Waals surface area contributed by atoms with Gasteiger partial charge in [0.2, 0.25) is 0 Å². The minimum Gasteiger partial charge on any atom is -0.489 e. The zero-order valence-corrected chi connectivity index (χ0v) is 10.5. The molecule has 0 radical (unpaired) electrons. The number of rotatable bonds is 4. The molecule has 0 unspecified atom stereocenters. The molecule has 0 bridgehead atoms. The molecule has 0 spiro atoms. The highest BCUT2D eigenvalue weighted by atomic mass is 35.5. The molecule has 0 aliphatic rings. The normalized spacial score (nSPS) is 10.4. The average Bonchev–Trinajstić information content (AvgIpc) is 2.37. The Hall–Kier alpha value is -1.58. The molecule has 2 rings (SSSR count). The monoisotopic (exact) mass is 265 g/mol. The van der Waals surface area contributed by atoms with Gasteiger partial charge in [-0.25, -0.2) is 4.39 Å². The maximum atomic E-state index is 13.0. The van der Waals surface area contributed by atoms with Gasteiger partial charge in [-0.15, -0.1) is 0 Å². The summed E-state index contributed by atoms with van der Waals surface area (Å²) < 4.78 is 18.5. The van der Waals surface area contributed by atoms with E-state index in [4.69, 9.17) is 22.1 Å². The molecule has 0 aliphatic heterocycles. The zero-order chi connectivity index (χ0) is 13.0. The van der Waals surface area contributed by atoms with Crippen LogP contribution in [0.4, 0.5) is 4.39 Å². The molecule has 0 saturated carbocycles. The Morgan fingerprint density at radius 2 is 2.00 bits per heavy atom. The van der Waals surface area contributed by atoms with E-state index in [0.717, 1.165) is 11.1 Å². The van der Waals surface area contributed by atoms with E-state index in [1.54, 1.807) is 24.3 Å². The zero-order valence-electron chi connectivity index (χ0n) is 9.70. The summed E-state index contributed by atoms with van der Waals surface area (Å²) in [5, 5.41) is 0.578. The topological polar surface area (TPSA) is 35.2 Å². The van der Waals surface area contributed by atoms with Gasteiger partial charge >= 0.3 is 0 Å². The number of nitrogens with two attached hydrogens (primary N) is 1. The van der Waals surface area contributed by atoms with Gasteiger partial charge < -0.3 is 10.5 Å². The molecule has 2 aromatic carbocycles. The number of ether oxygens (including phenoxy) is 1. The van der Waals surface area contributed by atoms with Gasteiger partial charge in [-0.3, -0.25) is 0 Å². The molecule has 0 aromatic heterocycles. The van der Waals surface area contributed by atoms with Crippen LogP contribution in [0.25, 0.3) is 0 Å². The first-order chi connectivity index (χ1) is 8.69. The first kappa shape index (κ1) is 12.9. The highest BCUT2D eigenvalue weighted by molar-refractivity contribution is 6.31. The van der Waals surface area contributed by atoms with Gasteiger partial charge in [-0.2, -0.15) is 0 Å². The Morgan fingerprint density at radius 3 is 2.67 bits per heavy atom. The van der Waals surface area contributed by atoms with Gasteiger partial charge in [0, 0.05) is 11.6 Å². The Labute approximate surface area is 110 Å². The summed E-state index contributed by atoms with van der Waals surface area (Å²) in [6, 6.07) is 11.6. The van der Waals surface area contributed by atoms with Crippen molar-refractivity contribution in [3.8, 4) is 5.75 Å². The lowest BCUT2D eigenvalue weighted by Gasteiger charge is -2.08. The van der Waals surface area contributed by atoms with Crippen molar-refractivity contribution < 1.29 is 9.13 Å². The molecule has 4 heteroatoms. The van der Waals surface area contributed by atoms with Gasteiger partial charge in [0.05, 0.1) is 0 Å². The third-order valence-electron chi connectivity index (χ3n) is 2.54. The third-order valence-corrected chi connectivity index (χ3v) is 2.89. The predicted octanol–water partition coefficient (Wildman–Crippen LogP) is 3.52. The minimum absolute atomic E-state index is 0.271. The van der Waals surface area contributed by atoms with E-state index < -0.39 is 0 Å². The second-order valence-electron chi connectivity index (χ2n) is 3.88. The molecule has 2 nitrogen and oxygen atoms in total. The van der Waals surface area contributed by atoms with Crippen LogP contribution in [0.2, 0.25) is 5.02 Å². The second-order valence-corrected chi connectivity index (χ2v) is 4.28. The Morgan fingerprint density at radius 1 is 1.17 bits per heavy atom. The molecule has 0 heterocycles. The van der Waals surface area contributed by atoms with Crippen LogP contribution in [0.15, 0.2) is 42.5 Å². The van der Waals surface area contributed by atoms with Crippen LogP contribution in [0.3, 0.4) is 0 Å². The maximum absolute atomic E-state index is 13.0. The van der Waals surface area contributed by atoms with Crippen LogP contribution in [0.1, 0.15) is 11.1 Å². The molecular weight excluding hydrogens is 253 g/mol. The van der Waals surface area contributed by atoms with E-state index in [1.807, 2.05) is 6.07 Å². The number of benzene rings is 2. The SMILES string of the molecule is NCc1ccc(OCc2cccc(F)c2)cc1Cl. The molecule has 0 atom stereocenters. The molecule has 0 aliphatic carbocycles. The van der Waals surface area contributed by atoms with Crippen LogP contribution >= 0.6 is 11.6 Å². The number of halogens is 2. The standard InChI is InChI=1S/C14H13ClFNO/c15-14-7-13(5-4-11(14)8-17)18-9-10-2-1-3-12(16)6-10/h1-7H,8-9,17H2. The summed E-state index contributed by atoms with van der Waals surface area (Å²) in [6.45, 7) is 0.694. The minimum atomic E-state index is -0.271. The second kappa shape index (κ2) is 5.85. The molecule has 2 N–H and O–H groups in total. The van der Waals surface area contributed by atoms with Gasteiger partial charge in [-0.05, 0) is 35.4 Å². The Balaban J connectivity index is 2.04. The summed E-state index contributed by atoms with van der Waals surface area (Å²) in [7, 11) is 0. The van der Waals surface area contributed by atoms with E-state index >= 15 is 0 Å². The Bertz CT molecular complexity index is 545. The summed E-state index contributed by atoms with van der Waals surface area (Å²) in [6.07, 6.45) is 0. The molecule has 0 fully saturated rings. The van der Waals surface area contributed by atoms with Crippen molar-refractivity contribution in [2.75, 3.05) is 0 Å². The molecule has 2 aromatic rings. The van der Waals surface area contributed by atoms with Gasteiger partial charge in [0.25, 0.3) is 0 Å². The van der Waals surface area contributed by atoms with Crippen molar-refractivity contribution in [3.05, 3.63) is 64.4 Å². The largest absolute Gasteiger partial charge is 0.489 e. The first-order valence-corrected chi connectivity index (χ1v) is 5.92. The smallest absolute Gasteiger partial charge is 0.123 e. The van der Waals surface area contributed by atoms with Crippen LogP contribution < -0.4 is 10.5 Å². The lowest BCUT2D eigenvalue weighted by atomic mass is 10.2. The van der Waals surface area contributed by atoms with Gasteiger partial charge in [-0.1, -0.05) is 29.8 Å². The molecule has 0 amide bonds. The molecular formula is C14H13ClFNO. The quantitative estimate of drug-likeness (QED) is 0.918. The van der Waals surface area contributed by atoms with Gasteiger partial charge in [0.1, 0.15) is 18.2 Å². The molecule has 94 valence electrons. The van der Waals surface area contributed by atoms with Crippen molar-refractivity contribution in [1.82, 2.24) is 0 Å². The van der Waals surface area contributed by atoms with Crippen molar-refractivity contribution in [2.24, 2.45) is 5.73 Å². The van der Waals surface area contributed by atoms with Crippen LogP contribution in [0.5, 0.6) is 5.75 Å². The fraction of sp³-hybridized carbons (Fsp3) is 0.143. The van der Waals surface area contributed by atoms with E-state index in [-0.39, 0.29) is 5.82 Å². The van der Waals surface area contributed by atoms with Crippen molar-refractivity contribution >= 4 is 11.6 Å². The van der Waals surface area contributed by atoms with Crippen LogP contribution in [0, 0.1) is 5.82 Å². The summed E-state index contributed by atoms with van der Waals surface area (Å²) in [4.78, 5) is 0. The molecule has 18 heavy (non-hydrogen) atoms. The summed E-state index contributed by atoms with van der Waals surface area (Å²) in [5.74, 6) is 0.370. The first-order valence-electron chi connectivity index (χ1n) is 5.55. The highest BCUT2D eigenvalue weighted by Crippen LogP contribution is 2.23. The van der Waals surface area contributed by atoms with Crippen LogP contribution in [-0.2, 0) is 13.2 Å². The number of hydrogen-bond acceptors (Lipinski definition) is 2. The lowest BCUT2D eigenvalue weighted by molar-refractivity contribution is 0.305. The van der Waals surface area contributed by atoms with E-state index in [0.29, 0.717) is 23.9 Å². The third kappa shape index (κ3) is 3.22. The summed E-state index contributed by atoms with van der Waals surface area (Å²) in [5.41, 5.74) is 7.16.